The molecular formula is C19H16N2O5. The number of rotatable bonds is 5. The molecule has 0 bridgehead atoms. The molecule has 3 rings (SSSR count). The van der Waals surface area contributed by atoms with Crippen molar-refractivity contribution in [3.63, 3.8) is 0 Å². The average molecular weight is 352 g/mol. The fraction of sp³-hybridized carbons (Fsp3) is 0.105. The largest absolute Gasteiger partial charge is 0.494 e. The highest BCUT2D eigenvalue weighted by molar-refractivity contribution is 6.49. The summed E-state index contributed by atoms with van der Waals surface area (Å²) in [5.41, 5.74) is 1.15. The molecule has 0 atom stereocenters. The molecule has 3 aromatic rings. The third kappa shape index (κ3) is 3.27. The molecule has 0 saturated carbocycles. The van der Waals surface area contributed by atoms with Crippen LogP contribution in [-0.4, -0.2) is 34.4 Å². The molecule has 0 radical (unpaired) electrons. The van der Waals surface area contributed by atoms with Crippen molar-refractivity contribution in [1.29, 1.82) is 0 Å². The SMILES string of the molecule is CCOC(=O)c1ccc(NC(=O)C(=O)c2c(O)[nH]c3ccccc23)cc1. The van der Waals surface area contributed by atoms with Crippen molar-refractivity contribution in [3.05, 3.63) is 59.7 Å². The van der Waals surface area contributed by atoms with E-state index in [1.165, 1.54) is 24.3 Å². The quantitative estimate of drug-likeness (QED) is 0.372. The fourth-order valence-corrected chi connectivity index (χ4v) is 2.56. The van der Waals surface area contributed by atoms with Crippen molar-refractivity contribution < 1.29 is 24.2 Å². The number of hydrogen-bond donors (Lipinski definition) is 3. The first-order chi connectivity index (χ1) is 12.5. The van der Waals surface area contributed by atoms with Crippen LogP contribution >= 0.6 is 0 Å². The predicted octanol–water partition coefficient (Wildman–Crippen LogP) is 2.87. The number of benzene rings is 2. The van der Waals surface area contributed by atoms with E-state index >= 15 is 0 Å². The Morgan fingerprint density at radius 3 is 2.46 bits per heavy atom. The van der Waals surface area contributed by atoms with Gasteiger partial charge < -0.3 is 20.1 Å². The standard InChI is InChI=1S/C19H16N2O5/c1-2-26-19(25)11-7-9-12(10-8-11)20-18(24)16(22)15-13-5-3-4-6-14(13)21-17(15)23/h3-10,21,23H,2H2,1H3,(H,20,24). The van der Waals surface area contributed by atoms with Crippen molar-refractivity contribution in [1.82, 2.24) is 4.98 Å². The van der Waals surface area contributed by atoms with E-state index in [2.05, 4.69) is 10.3 Å². The molecule has 132 valence electrons. The number of carbonyl (C=O) groups excluding carboxylic acids is 3. The van der Waals surface area contributed by atoms with Gasteiger partial charge in [0.1, 0.15) is 0 Å². The van der Waals surface area contributed by atoms with Crippen LogP contribution in [0.15, 0.2) is 48.5 Å². The lowest BCUT2D eigenvalue weighted by atomic mass is 10.1. The summed E-state index contributed by atoms with van der Waals surface area (Å²) in [6.07, 6.45) is 0. The Morgan fingerprint density at radius 2 is 1.77 bits per heavy atom. The number of aromatic nitrogens is 1. The Kier molecular flexibility index (Phi) is 4.70. The lowest BCUT2D eigenvalue weighted by molar-refractivity contribution is -0.112. The van der Waals surface area contributed by atoms with Crippen molar-refractivity contribution in [2.45, 2.75) is 6.92 Å². The van der Waals surface area contributed by atoms with E-state index in [9.17, 15) is 19.5 Å². The molecule has 0 spiro atoms. The molecule has 0 saturated heterocycles. The third-order valence-corrected chi connectivity index (χ3v) is 3.77. The smallest absolute Gasteiger partial charge is 0.338 e. The maximum Gasteiger partial charge on any atom is 0.338 e. The lowest BCUT2D eigenvalue weighted by Crippen LogP contribution is -2.22. The highest BCUT2D eigenvalue weighted by Gasteiger charge is 2.24. The monoisotopic (exact) mass is 352 g/mol. The third-order valence-electron chi connectivity index (χ3n) is 3.77. The minimum atomic E-state index is -0.895. The summed E-state index contributed by atoms with van der Waals surface area (Å²) < 4.78 is 4.88. The molecule has 0 aliphatic carbocycles. The van der Waals surface area contributed by atoms with Gasteiger partial charge in [0.05, 0.1) is 17.7 Å². The number of aromatic amines is 1. The van der Waals surface area contributed by atoms with Gasteiger partial charge in [0.15, 0.2) is 0 Å². The molecule has 26 heavy (non-hydrogen) atoms. The van der Waals surface area contributed by atoms with Crippen LogP contribution in [0.2, 0.25) is 0 Å². The van der Waals surface area contributed by atoms with Crippen molar-refractivity contribution in [3.8, 4) is 5.88 Å². The minimum absolute atomic E-state index is 0.0822. The molecular weight excluding hydrogens is 336 g/mol. The Hall–Kier alpha value is -3.61. The van der Waals surface area contributed by atoms with E-state index in [1.54, 1.807) is 31.2 Å². The molecule has 3 N–H and O–H groups in total. The number of esters is 1. The maximum atomic E-state index is 12.4. The topological polar surface area (TPSA) is 108 Å². The molecule has 2 aromatic carbocycles. The van der Waals surface area contributed by atoms with E-state index in [0.29, 0.717) is 22.2 Å². The Balaban J connectivity index is 1.78. The van der Waals surface area contributed by atoms with E-state index in [0.717, 1.165) is 0 Å². The van der Waals surface area contributed by atoms with Gasteiger partial charge in [0.2, 0.25) is 5.88 Å². The van der Waals surface area contributed by atoms with Gasteiger partial charge >= 0.3 is 5.97 Å². The molecule has 0 aliphatic heterocycles. The Labute approximate surface area is 148 Å². The summed E-state index contributed by atoms with van der Waals surface area (Å²) in [6.45, 7) is 1.97. The first-order valence-corrected chi connectivity index (χ1v) is 7.93. The molecule has 0 fully saturated rings. The number of hydrogen-bond acceptors (Lipinski definition) is 5. The number of H-pyrrole nitrogens is 1. The summed E-state index contributed by atoms with van der Waals surface area (Å²) in [7, 11) is 0. The van der Waals surface area contributed by atoms with Crippen LogP contribution in [0.4, 0.5) is 5.69 Å². The van der Waals surface area contributed by atoms with Crippen LogP contribution in [-0.2, 0) is 9.53 Å². The number of amides is 1. The van der Waals surface area contributed by atoms with Crippen molar-refractivity contribution in [2.24, 2.45) is 0 Å². The van der Waals surface area contributed by atoms with Gasteiger partial charge in [0.25, 0.3) is 11.7 Å². The molecule has 1 aromatic heterocycles. The molecule has 7 nitrogen and oxygen atoms in total. The minimum Gasteiger partial charge on any atom is -0.494 e. The van der Waals surface area contributed by atoms with Crippen LogP contribution in [0.3, 0.4) is 0 Å². The zero-order valence-electron chi connectivity index (χ0n) is 13.9. The van der Waals surface area contributed by atoms with E-state index < -0.39 is 17.7 Å². The summed E-state index contributed by atoms with van der Waals surface area (Å²) in [6, 6.07) is 12.7. The van der Waals surface area contributed by atoms with Gasteiger partial charge in [0, 0.05) is 16.6 Å². The van der Waals surface area contributed by atoms with Crippen molar-refractivity contribution in [2.75, 3.05) is 11.9 Å². The number of carbonyl (C=O) groups is 3. The number of ketones is 1. The molecule has 0 aliphatic rings. The van der Waals surface area contributed by atoms with Gasteiger partial charge in [-0.1, -0.05) is 18.2 Å². The van der Waals surface area contributed by atoms with E-state index in [1.807, 2.05) is 0 Å². The van der Waals surface area contributed by atoms with Gasteiger partial charge in [-0.15, -0.1) is 0 Å². The zero-order valence-corrected chi connectivity index (χ0v) is 13.9. The number of ether oxygens (including phenoxy) is 1. The number of Topliss-reactive ketones (excluding diaryl/α,β-unsaturated/α-hetero) is 1. The van der Waals surface area contributed by atoms with Gasteiger partial charge in [-0.2, -0.15) is 0 Å². The van der Waals surface area contributed by atoms with E-state index in [-0.39, 0.29) is 18.1 Å². The lowest BCUT2D eigenvalue weighted by Gasteiger charge is -2.06. The van der Waals surface area contributed by atoms with Crippen LogP contribution in [0, 0.1) is 0 Å². The first kappa shape index (κ1) is 17.2. The van der Waals surface area contributed by atoms with Crippen LogP contribution in [0.1, 0.15) is 27.6 Å². The normalized spacial score (nSPS) is 10.5. The molecule has 1 heterocycles. The highest BCUT2D eigenvalue weighted by atomic mass is 16.5. The number of para-hydroxylation sites is 1. The summed E-state index contributed by atoms with van der Waals surface area (Å²) in [5, 5.41) is 12.9. The summed E-state index contributed by atoms with van der Waals surface area (Å²) in [4.78, 5) is 39.0. The number of anilines is 1. The van der Waals surface area contributed by atoms with Gasteiger partial charge in [-0.3, -0.25) is 9.59 Å². The number of nitrogens with one attached hydrogen (secondary N) is 2. The summed E-state index contributed by atoms with van der Waals surface area (Å²) >= 11 is 0. The zero-order chi connectivity index (χ0) is 18.7. The number of fused-ring (bicyclic) bond motifs is 1. The molecule has 0 unspecified atom stereocenters. The highest BCUT2D eigenvalue weighted by Crippen LogP contribution is 2.27. The Bertz CT molecular complexity index is 989. The number of aromatic hydroxyl groups is 1. The maximum absolute atomic E-state index is 12.4. The van der Waals surface area contributed by atoms with Crippen LogP contribution in [0.25, 0.3) is 10.9 Å². The van der Waals surface area contributed by atoms with Crippen molar-refractivity contribution >= 4 is 34.3 Å². The van der Waals surface area contributed by atoms with Crippen LogP contribution < -0.4 is 5.32 Å². The summed E-state index contributed by atoms with van der Waals surface area (Å²) in [5.74, 6) is -2.59. The van der Waals surface area contributed by atoms with E-state index in [4.69, 9.17) is 4.74 Å². The van der Waals surface area contributed by atoms with Gasteiger partial charge in [-0.25, -0.2) is 4.79 Å². The van der Waals surface area contributed by atoms with Crippen LogP contribution in [0.5, 0.6) is 5.88 Å². The molecule has 7 heteroatoms. The predicted molar refractivity (Wildman–Crippen MR) is 95.3 cm³/mol. The first-order valence-electron chi connectivity index (χ1n) is 7.93. The molecule has 1 amide bonds. The Morgan fingerprint density at radius 1 is 1.08 bits per heavy atom. The second-order valence-corrected chi connectivity index (χ2v) is 5.48. The second-order valence-electron chi connectivity index (χ2n) is 5.48. The van der Waals surface area contributed by atoms with Gasteiger partial charge in [-0.05, 0) is 37.3 Å². The fourth-order valence-electron chi connectivity index (χ4n) is 2.56. The second kappa shape index (κ2) is 7.10. The average Bonchev–Trinajstić information content (AvgIpc) is 2.97.